The highest BCUT2D eigenvalue weighted by atomic mass is 32.2. The molecular formula is C11H22N2O4S. The van der Waals surface area contributed by atoms with Gasteiger partial charge in [0.05, 0.1) is 5.75 Å². The molecule has 1 atom stereocenters. The maximum atomic E-state index is 11.7. The van der Waals surface area contributed by atoms with Crippen molar-refractivity contribution in [3.63, 3.8) is 0 Å². The van der Waals surface area contributed by atoms with Gasteiger partial charge in [-0.25, -0.2) is 8.42 Å². The van der Waals surface area contributed by atoms with E-state index in [1.165, 1.54) is 0 Å². The van der Waals surface area contributed by atoms with Crippen LogP contribution in [0.25, 0.3) is 0 Å². The summed E-state index contributed by atoms with van der Waals surface area (Å²) >= 11 is 0. The number of carbonyl (C=O) groups excluding carboxylic acids is 1. The molecule has 6 nitrogen and oxygen atoms in total. The van der Waals surface area contributed by atoms with Crippen molar-refractivity contribution in [3.8, 4) is 0 Å². The molecule has 0 aromatic carbocycles. The minimum absolute atomic E-state index is 0.0290. The van der Waals surface area contributed by atoms with Gasteiger partial charge >= 0.3 is 0 Å². The normalized spacial score (nSPS) is 19.4. The first-order valence-electron chi connectivity index (χ1n) is 6.26. The molecule has 7 heteroatoms. The number of rotatable bonds is 6. The largest absolute Gasteiger partial charge is 0.381 e. The van der Waals surface area contributed by atoms with Crippen molar-refractivity contribution < 1.29 is 17.9 Å². The van der Waals surface area contributed by atoms with Crippen LogP contribution in [0, 0.1) is 0 Å². The van der Waals surface area contributed by atoms with Crippen molar-refractivity contribution in [3.05, 3.63) is 0 Å². The topological polar surface area (TPSA) is 98.5 Å². The third-order valence-electron chi connectivity index (χ3n) is 2.93. The lowest BCUT2D eigenvalue weighted by atomic mass is 10.1. The summed E-state index contributed by atoms with van der Waals surface area (Å²) in [7, 11) is -3.41. The second-order valence-corrected chi connectivity index (χ2v) is 6.79. The standard InChI is InChI=1S/C11H22N2O4S/c1-2-9(12)7-18(15,16)8-11(14)13-10-3-5-17-6-4-10/h9-10H,2-8,12H2,1H3,(H,13,14). The van der Waals surface area contributed by atoms with Crippen LogP contribution in [0.3, 0.4) is 0 Å². The van der Waals surface area contributed by atoms with E-state index in [1.54, 1.807) is 0 Å². The van der Waals surface area contributed by atoms with Crippen molar-refractivity contribution in [2.45, 2.75) is 38.3 Å². The summed E-state index contributed by atoms with van der Waals surface area (Å²) < 4.78 is 28.5. The van der Waals surface area contributed by atoms with Gasteiger partial charge in [-0.1, -0.05) is 6.92 Å². The quantitative estimate of drug-likeness (QED) is 0.678. The predicted molar refractivity (Wildman–Crippen MR) is 68.9 cm³/mol. The molecule has 1 rings (SSSR count). The van der Waals surface area contributed by atoms with Crippen molar-refractivity contribution in [1.82, 2.24) is 5.32 Å². The molecule has 3 N–H and O–H groups in total. The molecular weight excluding hydrogens is 256 g/mol. The number of amides is 1. The molecule has 1 fully saturated rings. The lowest BCUT2D eigenvalue weighted by molar-refractivity contribution is -0.119. The fraction of sp³-hybridized carbons (Fsp3) is 0.909. The Morgan fingerprint density at radius 3 is 2.61 bits per heavy atom. The number of nitrogens with one attached hydrogen (secondary N) is 1. The minimum Gasteiger partial charge on any atom is -0.381 e. The summed E-state index contributed by atoms with van der Waals surface area (Å²) in [6.45, 7) is 3.04. The third kappa shape index (κ3) is 5.79. The molecule has 0 aromatic rings. The van der Waals surface area contributed by atoms with Gasteiger partial charge in [-0.15, -0.1) is 0 Å². The van der Waals surface area contributed by atoms with Crippen LogP contribution in [0.5, 0.6) is 0 Å². The first-order chi connectivity index (χ1) is 8.43. The van der Waals surface area contributed by atoms with Crippen LogP contribution >= 0.6 is 0 Å². The number of hydrogen-bond donors (Lipinski definition) is 2. The summed E-state index contributed by atoms with van der Waals surface area (Å²) in [5.74, 6) is -1.05. The second kappa shape index (κ2) is 7.06. The molecule has 1 unspecified atom stereocenters. The fourth-order valence-corrected chi connectivity index (χ4v) is 3.30. The van der Waals surface area contributed by atoms with Gasteiger partial charge in [-0.3, -0.25) is 4.79 Å². The average molecular weight is 278 g/mol. The number of hydrogen-bond acceptors (Lipinski definition) is 5. The number of carbonyl (C=O) groups is 1. The van der Waals surface area contributed by atoms with Crippen LogP contribution in [0.1, 0.15) is 26.2 Å². The first-order valence-corrected chi connectivity index (χ1v) is 8.08. The number of ether oxygens (including phenoxy) is 1. The van der Waals surface area contributed by atoms with E-state index in [4.69, 9.17) is 10.5 Å². The summed E-state index contributed by atoms with van der Waals surface area (Å²) in [6.07, 6.45) is 2.06. The third-order valence-corrected chi connectivity index (χ3v) is 4.57. The summed E-state index contributed by atoms with van der Waals surface area (Å²) in [4.78, 5) is 11.6. The van der Waals surface area contributed by atoms with Crippen molar-refractivity contribution in [1.29, 1.82) is 0 Å². The van der Waals surface area contributed by atoms with E-state index in [2.05, 4.69) is 5.32 Å². The molecule has 1 saturated heterocycles. The van der Waals surface area contributed by atoms with Gasteiger partial charge < -0.3 is 15.8 Å². The second-order valence-electron chi connectivity index (χ2n) is 4.68. The molecule has 1 heterocycles. The van der Waals surface area contributed by atoms with Crippen molar-refractivity contribution in [2.75, 3.05) is 24.7 Å². The number of sulfone groups is 1. The van der Waals surface area contributed by atoms with Gasteiger partial charge in [0, 0.05) is 25.3 Å². The zero-order valence-corrected chi connectivity index (χ0v) is 11.5. The molecule has 1 aliphatic rings. The van der Waals surface area contributed by atoms with Crippen LogP contribution in [0.15, 0.2) is 0 Å². The Morgan fingerprint density at radius 1 is 1.44 bits per heavy atom. The zero-order valence-electron chi connectivity index (χ0n) is 10.7. The van der Waals surface area contributed by atoms with Crippen LogP contribution in [-0.2, 0) is 19.4 Å². The fourth-order valence-electron chi connectivity index (χ4n) is 1.81. The zero-order chi connectivity index (χ0) is 13.6. The monoisotopic (exact) mass is 278 g/mol. The Labute approximate surface area is 108 Å². The molecule has 0 aromatic heterocycles. The Bertz CT molecular complexity index is 363. The molecule has 106 valence electrons. The Morgan fingerprint density at radius 2 is 2.06 bits per heavy atom. The number of nitrogens with two attached hydrogens (primary N) is 1. The highest BCUT2D eigenvalue weighted by Crippen LogP contribution is 2.06. The van der Waals surface area contributed by atoms with Crippen LogP contribution in [0.2, 0.25) is 0 Å². The molecule has 1 aliphatic heterocycles. The highest BCUT2D eigenvalue weighted by molar-refractivity contribution is 7.92. The maximum Gasteiger partial charge on any atom is 0.235 e. The molecule has 1 amide bonds. The molecule has 18 heavy (non-hydrogen) atoms. The van der Waals surface area contributed by atoms with Crippen LogP contribution < -0.4 is 11.1 Å². The minimum atomic E-state index is -3.41. The summed E-state index contributed by atoms with van der Waals surface area (Å²) in [6, 6.07) is -0.368. The highest BCUT2D eigenvalue weighted by Gasteiger charge is 2.22. The van der Waals surface area contributed by atoms with E-state index in [1.807, 2.05) is 6.92 Å². The molecule has 0 radical (unpaired) electrons. The SMILES string of the molecule is CCC(N)CS(=O)(=O)CC(=O)NC1CCOCC1. The average Bonchev–Trinajstić information content (AvgIpc) is 2.28. The van der Waals surface area contributed by atoms with Gasteiger partial charge in [0.2, 0.25) is 5.91 Å². The van der Waals surface area contributed by atoms with Gasteiger partial charge in [-0.05, 0) is 19.3 Å². The molecule has 0 aliphatic carbocycles. The maximum absolute atomic E-state index is 11.7. The van der Waals surface area contributed by atoms with Gasteiger partial charge in [0.25, 0.3) is 0 Å². The molecule has 0 spiro atoms. The van der Waals surface area contributed by atoms with E-state index in [-0.39, 0.29) is 11.8 Å². The van der Waals surface area contributed by atoms with Crippen molar-refractivity contribution >= 4 is 15.7 Å². The predicted octanol–water partition coefficient (Wildman–Crippen LogP) is -0.566. The van der Waals surface area contributed by atoms with Gasteiger partial charge in [-0.2, -0.15) is 0 Å². The van der Waals surface area contributed by atoms with E-state index < -0.39 is 27.5 Å². The van der Waals surface area contributed by atoms with Gasteiger partial charge in [0.15, 0.2) is 9.84 Å². The lowest BCUT2D eigenvalue weighted by Gasteiger charge is -2.23. The van der Waals surface area contributed by atoms with Crippen molar-refractivity contribution in [2.24, 2.45) is 5.73 Å². The molecule has 0 saturated carbocycles. The smallest absolute Gasteiger partial charge is 0.235 e. The Kier molecular flexibility index (Phi) is 6.04. The Hall–Kier alpha value is -0.660. The van der Waals surface area contributed by atoms with E-state index in [0.717, 1.165) is 12.8 Å². The van der Waals surface area contributed by atoms with Gasteiger partial charge in [0.1, 0.15) is 5.75 Å². The van der Waals surface area contributed by atoms with E-state index >= 15 is 0 Å². The Balaban J connectivity index is 2.38. The summed E-state index contributed by atoms with van der Waals surface area (Å²) in [5, 5.41) is 2.73. The van der Waals surface area contributed by atoms with E-state index in [9.17, 15) is 13.2 Å². The molecule has 0 bridgehead atoms. The summed E-state index contributed by atoms with van der Waals surface area (Å²) in [5.41, 5.74) is 5.59. The van der Waals surface area contributed by atoms with Crippen LogP contribution in [-0.4, -0.2) is 51.1 Å². The first kappa shape index (κ1) is 15.4. The lowest BCUT2D eigenvalue weighted by Crippen LogP contribution is -2.43. The van der Waals surface area contributed by atoms with Crippen LogP contribution in [0.4, 0.5) is 0 Å². The van der Waals surface area contributed by atoms with E-state index in [0.29, 0.717) is 19.6 Å².